The van der Waals surface area contributed by atoms with E-state index >= 15 is 0 Å². The number of sulfonamides is 1. The molecule has 1 aromatic heterocycles. The molecule has 0 saturated heterocycles. The second kappa shape index (κ2) is 13.7. The molecule has 4 N–H and O–H groups in total. The Morgan fingerprint density at radius 3 is 2.45 bits per heavy atom. The number of nitrogens with one attached hydrogen (secondary N) is 2. The summed E-state index contributed by atoms with van der Waals surface area (Å²) < 4.78 is 97.6. The van der Waals surface area contributed by atoms with Crippen molar-refractivity contribution >= 4 is 28.3 Å². The van der Waals surface area contributed by atoms with E-state index in [1.807, 2.05) is 0 Å². The molecule has 1 amide bonds. The number of hydrogen-bond acceptors (Lipinski definition) is 8. The molecule has 0 aliphatic heterocycles. The molecule has 2 aromatic carbocycles. The van der Waals surface area contributed by atoms with Crippen LogP contribution in [0.3, 0.4) is 0 Å². The second-order valence-electron chi connectivity index (χ2n) is 10.6. The minimum absolute atomic E-state index is 0. The highest BCUT2D eigenvalue weighted by Crippen LogP contribution is 2.37. The van der Waals surface area contributed by atoms with Crippen LogP contribution in [-0.4, -0.2) is 44.3 Å². The number of carbonyl (C=O) groups excluding carboxylic acids is 1. The normalized spacial score (nSPS) is 16.2. The summed E-state index contributed by atoms with van der Waals surface area (Å²) in [4.78, 5) is 17.8. The summed E-state index contributed by atoms with van der Waals surface area (Å²) in [5, 5.41) is 1.98. The molecule has 0 radical (unpaired) electrons. The van der Waals surface area contributed by atoms with Crippen molar-refractivity contribution in [2.75, 3.05) is 13.2 Å². The Balaban J connectivity index is 0.00000442. The quantitative estimate of drug-likeness (QED) is 0.205. The van der Waals surface area contributed by atoms with Gasteiger partial charge in [-0.2, -0.15) is 8.78 Å². The molecule has 2 aliphatic carbocycles. The van der Waals surface area contributed by atoms with Crippen molar-refractivity contribution in [1.29, 1.82) is 0 Å². The lowest BCUT2D eigenvalue weighted by Crippen LogP contribution is -2.39. The van der Waals surface area contributed by atoms with Gasteiger partial charge < -0.3 is 24.9 Å². The molecule has 3 aromatic rings. The lowest BCUT2D eigenvalue weighted by Gasteiger charge is -2.20. The molecule has 1 heterocycles. The van der Waals surface area contributed by atoms with Crippen LogP contribution in [0.1, 0.15) is 66.5 Å². The molecule has 2 aliphatic rings. The van der Waals surface area contributed by atoms with Crippen LogP contribution < -0.4 is 25.2 Å². The van der Waals surface area contributed by atoms with Gasteiger partial charge in [-0.3, -0.25) is 4.79 Å². The first kappa shape index (κ1) is 33.5. The van der Waals surface area contributed by atoms with Crippen LogP contribution in [0.2, 0.25) is 0 Å². The maximum atomic E-state index is 14.8. The molecule has 44 heavy (non-hydrogen) atoms. The van der Waals surface area contributed by atoms with Gasteiger partial charge in [0.2, 0.25) is 15.9 Å². The standard InChI is InChI=1S/C28H30F4N4O6S.ClH/c1-14(33)25-24(36-27(42-25)16-4-9-22(41-28(31)32)23(10-16)40-13-15-2-3-15)26(37)35-21(12-34-43(38,39)18-6-7-18)19-8-5-17(29)11-20(19)30;/h4-5,8-11,14-15,18,21,28,34H,2-3,6-7,12-13,33H2,1H3,(H,35,37);1H/t14-,21-;/m0./s1. The molecule has 0 unspecified atom stereocenters. The Morgan fingerprint density at radius 2 is 1.84 bits per heavy atom. The van der Waals surface area contributed by atoms with Crippen molar-refractivity contribution < 1.29 is 44.7 Å². The third kappa shape index (κ3) is 8.20. The highest BCUT2D eigenvalue weighted by atomic mass is 35.5. The zero-order chi connectivity index (χ0) is 30.9. The SMILES string of the molecule is C[C@H](N)c1oc(-c2ccc(OC(F)F)c(OCC3CC3)c2)nc1C(=O)N[C@@H](CNS(=O)(=O)C1CC1)c1ccc(F)cc1F.Cl. The smallest absolute Gasteiger partial charge is 0.387 e. The summed E-state index contributed by atoms with van der Waals surface area (Å²) in [5.74, 6) is -2.68. The van der Waals surface area contributed by atoms with E-state index in [1.54, 1.807) is 0 Å². The average Bonchev–Trinajstić information content (AvgIpc) is 3.88. The fourth-order valence-electron chi connectivity index (χ4n) is 4.31. The number of nitrogens with two attached hydrogens (primary N) is 1. The third-order valence-corrected chi connectivity index (χ3v) is 8.87. The maximum absolute atomic E-state index is 14.8. The maximum Gasteiger partial charge on any atom is 0.387 e. The minimum atomic E-state index is -3.71. The first-order valence-electron chi connectivity index (χ1n) is 13.6. The highest BCUT2D eigenvalue weighted by Gasteiger charge is 2.36. The van der Waals surface area contributed by atoms with Crippen LogP contribution in [0, 0.1) is 17.6 Å². The number of amides is 1. The van der Waals surface area contributed by atoms with Crippen molar-refractivity contribution in [3.8, 4) is 23.0 Å². The van der Waals surface area contributed by atoms with E-state index in [1.165, 1.54) is 25.1 Å². The number of aromatic nitrogens is 1. The Hall–Kier alpha value is -3.40. The molecular formula is C28H31ClF4N4O6S. The highest BCUT2D eigenvalue weighted by molar-refractivity contribution is 7.90. The number of alkyl halides is 2. The number of oxazole rings is 1. The number of ether oxygens (including phenoxy) is 2. The first-order valence-corrected chi connectivity index (χ1v) is 15.2. The van der Waals surface area contributed by atoms with Crippen molar-refractivity contribution in [2.24, 2.45) is 11.7 Å². The van der Waals surface area contributed by atoms with Gasteiger partial charge in [0.05, 0.1) is 23.9 Å². The number of halogens is 5. The summed E-state index contributed by atoms with van der Waals surface area (Å²) in [7, 11) is -3.71. The number of nitrogens with zero attached hydrogens (tertiary/aromatic N) is 1. The van der Waals surface area contributed by atoms with Crippen LogP contribution >= 0.6 is 12.4 Å². The van der Waals surface area contributed by atoms with Gasteiger partial charge in [0.15, 0.2) is 23.0 Å². The zero-order valence-corrected chi connectivity index (χ0v) is 25.0. The van der Waals surface area contributed by atoms with Crippen molar-refractivity contribution in [3.63, 3.8) is 0 Å². The molecule has 240 valence electrons. The molecule has 10 nitrogen and oxygen atoms in total. The summed E-state index contributed by atoms with van der Waals surface area (Å²) >= 11 is 0. The van der Waals surface area contributed by atoms with Gasteiger partial charge in [-0.15, -0.1) is 12.4 Å². The number of benzene rings is 2. The topological polar surface area (TPSA) is 146 Å². The Bertz CT molecular complexity index is 1600. The van der Waals surface area contributed by atoms with Gasteiger partial charge >= 0.3 is 6.61 Å². The summed E-state index contributed by atoms with van der Waals surface area (Å²) in [6, 6.07) is 4.66. The van der Waals surface area contributed by atoms with Crippen molar-refractivity contribution in [2.45, 2.75) is 56.6 Å². The van der Waals surface area contributed by atoms with Gasteiger partial charge in [-0.05, 0) is 62.8 Å². The molecular weight excluding hydrogens is 632 g/mol. The van der Waals surface area contributed by atoms with Crippen LogP contribution in [0.4, 0.5) is 17.6 Å². The van der Waals surface area contributed by atoms with Gasteiger partial charge in [-0.1, -0.05) is 6.07 Å². The third-order valence-electron chi connectivity index (χ3n) is 6.96. The van der Waals surface area contributed by atoms with Gasteiger partial charge in [0, 0.05) is 23.7 Å². The van der Waals surface area contributed by atoms with E-state index < -0.39 is 58.1 Å². The molecule has 2 fully saturated rings. The fourth-order valence-corrected chi connectivity index (χ4v) is 5.70. The molecule has 0 bridgehead atoms. The number of rotatable bonds is 14. The lowest BCUT2D eigenvalue weighted by molar-refractivity contribution is -0.0515. The van der Waals surface area contributed by atoms with E-state index in [4.69, 9.17) is 14.9 Å². The van der Waals surface area contributed by atoms with E-state index in [2.05, 4.69) is 19.8 Å². The number of hydrogen-bond donors (Lipinski definition) is 3. The van der Waals surface area contributed by atoms with E-state index in [0.29, 0.717) is 31.4 Å². The van der Waals surface area contributed by atoms with Crippen LogP contribution in [-0.2, 0) is 10.0 Å². The summed E-state index contributed by atoms with van der Waals surface area (Å²) in [6.45, 7) is -1.66. The predicted molar refractivity (Wildman–Crippen MR) is 153 cm³/mol. The summed E-state index contributed by atoms with van der Waals surface area (Å²) in [6.07, 6.45) is 2.90. The molecule has 2 atom stereocenters. The van der Waals surface area contributed by atoms with Crippen molar-refractivity contribution in [1.82, 2.24) is 15.0 Å². The largest absolute Gasteiger partial charge is 0.489 e. The van der Waals surface area contributed by atoms with Gasteiger partial charge in [0.25, 0.3) is 5.91 Å². The Labute approximate surface area is 257 Å². The van der Waals surface area contributed by atoms with E-state index in [0.717, 1.165) is 25.0 Å². The molecule has 0 spiro atoms. The fraction of sp³-hybridized carbons (Fsp3) is 0.429. The van der Waals surface area contributed by atoms with Crippen LogP contribution in [0.15, 0.2) is 40.8 Å². The van der Waals surface area contributed by atoms with E-state index in [9.17, 15) is 30.8 Å². The monoisotopic (exact) mass is 662 g/mol. The zero-order valence-electron chi connectivity index (χ0n) is 23.4. The Kier molecular flexibility index (Phi) is 10.4. The lowest BCUT2D eigenvalue weighted by atomic mass is 10.1. The van der Waals surface area contributed by atoms with Gasteiger partial charge in [-0.25, -0.2) is 26.9 Å². The minimum Gasteiger partial charge on any atom is -0.489 e. The molecule has 2 saturated carbocycles. The first-order chi connectivity index (χ1) is 20.4. The van der Waals surface area contributed by atoms with Crippen LogP contribution in [0.5, 0.6) is 11.5 Å². The molecule has 16 heteroatoms. The van der Waals surface area contributed by atoms with Gasteiger partial charge in [0.1, 0.15) is 11.6 Å². The number of carbonyl (C=O) groups is 1. The Morgan fingerprint density at radius 1 is 1.11 bits per heavy atom. The van der Waals surface area contributed by atoms with Crippen LogP contribution in [0.25, 0.3) is 11.5 Å². The summed E-state index contributed by atoms with van der Waals surface area (Å²) in [5.41, 5.74) is 5.89. The van der Waals surface area contributed by atoms with Crippen molar-refractivity contribution in [3.05, 3.63) is 65.1 Å². The predicted octanol–water partition coefficient (Wildman–Crippen LogP) is 5.00. The van der Waals surface area contributed by atoms with E-state index in [-0.39, 0.29) is 52.4 Å². The second-order valence-corrected chi connectivity index (χ2v) is 12.6. The molecule has 5 rings (SSSR count). The average molecular weight is 663 g/mol.